The van der Waals surface area contributed by atoms with Crippen LogP contribution in [0.4, 0.5) is 4.39 Å². The molecule has 0 aliphatic carbocycles. The predicted octanol–water partition coefficient (Wildman–Crippen LogP) is 3.29. The fourth-order valence-electron chi connectivity index (χ4n) is 3.29. The predicted molar refractivity (Wildman–Crippen MR) is 103 cm³/mol. The monoisotopic (exact) mass is 371 g/mol. The van der Waals surface area contributed by atoms with E-state index in [1.54, 1.807) is 30.7 Å². The summed E-state index contributed by atoms with van der Waals surface area (Å²) in [6.07, 6.45) is 9.89. The molecule has 0 fully saturated rings. The van der Waals surface area contributed by atoms with Crippen molar-refractivity contribution in [1.82, 2.24) is 23.9 Å². The van der Waals surface area contributed by atoms with Crippen molar-refractivity contribution in [2.45, 2.75) is 6.54 Å². The Morgan fingerprint density at radius 3 is 2.75 bits per heavy atom. The highest BCUT2D eigenvalue weighted by Gasteiger charge is 2.10. The number of fused-ring (bicyclic) bond motifs is 2. The molecule has 5 aromatic rings. The van der Waals surface area contributed by atoms with Gasteiger partial charge in [-0.2, -0.15) is 0 Å². The van der Waals surface area contributed by atoms with Gasteiger partial charge >= 0.3 is 0 Å². The van der Waals surface area contributed by atoms with Crippen LogP contribution in [0.2, 0.25) is 0 Å². The molecule has 0 saturated carbocycles. The number of aromatic nitrogens is 5. The summed E-state index contributed by atoms with van der Waals surface area (Å²) in [5.74, 6) is -0.371. The fourth-order valence-corrected chi connectivity index (χ4v) is 3.29. The van der Waals surface area contributed by atoms with Crippen LogP contribution in [0.3, 0.4) is 0 Å². The zero-order chi connectivity index (χ0) is 19.1. The van der Waals surface area contributed by atoms with Gasteiger partial charge in [-0.05, 0) is 35.4 Å². The van der Waals surface area contributed by atoms with Gasteiger partial charge in [0, 0.05) is 30.4 Å². The van der Waals surface area contributed by atoms with Gasteiger partial charge in [-0.15, -0.1) is 0 Å². The lowest BCUT2D eigenvalue weighted by Gasteiger charge is -2.11. The summed E-state index contributed by atoms with van der Waals surface area (Å²) < 4.78 is 18.2. The number of hydrogen-bond donors (Lipinski definition) is 0. The van der Waals surface area contributed by atoms with Crippen LogP contribution in [0.5, 0.6) is 0 Å². The van der Waals surface area contributed by atoms with Gasteiger partial charge in [0.1, 0.15) is 11.5 Å². The van der Waals surface area contributed by atoms with Gasteiger partial charge in [0.25, 0.3) is 5.56 Å². The molecule has 0 spiro atoms. The Kier molecular flexibility index (Phi) is 3.72. The smallest absolute Gasteiger partial charge is 0.269 e. The number of imidazole rings is 1. The first-order chi connectivity index (χ1) is 13.7. The van der Waals surface area contributed by atoms with E-state index in [9.17, 15) is 9.18 Å². The zero-order valence-electron chi connectivity index (χ0n) is 14.7. The number of rotatable bonds is 3. The van der Waals surface area contributed by atoms with Crippen LogP contribution in [-0.2, 0) is 6.54 Å². The Morgan fingerprint density at radius 2 is 1.86 bits per heavy atom. The first-order valence-electron chi connectivity index (χ1n) is 8.70. The minimum absolute atomic E-state index is 0.107. The van der Waals surface area contributed by atoms with Crippen LogP contribution in [0.1, 0.15) is 5.56 Å². The van der Waals surface area contributed by atoms with Crippen molar-refractivity contribution in [3.05, 3.63) is 95.3 Å². The highest BCUT2D eigenvalue weighted by atomic mass is 19.1. The molecule has 4 heterocycles. The van der Waals surface area contributed by atoms with E-state index >= 15 is 0 Å². The molecule has 0 bridgehead atoms. The maximum atomic E-state index is 14.8. The number of nitrogens with zero attached hydrogens (tertiary/aromatic N) is 5. The molecule has 0 aliphatic rings. The van der Waals surface area contributed by atoms with Crippen LogP contribution in [0, 0.1) is 5.82 Å². The van der Waals surface area contributed by atoms with Crippen molar-refractivity contribution in [2.24, 2.45) is 0 Å². The van der Waals surface area contributed by atoms with Gasteiger partial charge in [0.05, 0.1) is 30.0 Å². The van der Waals surface area contributed by atoms with Crippen LogP contribution >= 0.6 is 0 Å². The Balaban J connectivity index is 1.54. The molecule has 7 heteroatoms. The third-order valence-electron chi connectivity index (χ3n) is 4.75. The van der Waals surface area contributed by atoms with Crippen LogP contribution in [-0.4, -0.2) is 23.9 Å². The van der Waals surface area contributed by atoms with Crippen molar-refractivity contribution < 1.29 is 4.39 Å². The number of pyridine rings is 2. The quantitative estimate of drug-likeness (QED) is 0.488. The van der Waals surface area contributed by atoms with Gasteiger partial charge in [-0.25, -0.2) is 14.4 Å². The SMILES string of the molecule is O=c1cnc2ccncc2n1Cc1ccc(-c2ccc3nccn3c2)cc1F. The molecule has 6 nitrogen and oxygen atoms in total. The minimum Gasteiger partial charge on any atom is -0.306 e. The molecule has 4 aromatic heterocycles. The topological polar surface area (TPSA) is 65.1 Å². The Hall–Kier alpha value is -3.87. The Labute approximate surface area is 158 Å². The van der Waals surface area contributed by atoms with E-state index in [1.807, 2.05) is 35.0 Å². The van der Waals surface area contributed by atoms with E-state index < -0.39 is 0 Å². The molecule has 1 aromatic carbocycles. The van der Waals surface area contributed by atoms with E-state index in [4.69, 9.17) is 0 Å². The Bertz CT molecular complexity index is 1390. The molecule has 0 aliphatic heterocycles. The molecule has 136 valence electrons. The van der Waals surface area contributed by atoms with E-state index in [1.165, 1.54) is 16.8 Å². The summed E-state index contributed by atoms with van der Waals surface area (Å²) in [6.45, 7) is 0.107. The first-order valence-corrected chi connectivity index (χ1v) is 8.70. The van der Waals surface area contributed by atoms with Gasteiger partial charge in [0.2, 0.25) is 0 Å². The summed E-state index contributed by atoms with van der Waals surface area (Å²) in [5, 5.41) is 0. The van der Waals surface area contributed by atoms with Crippen LogP contribution in [0.15, 0.2) is 78.4 Å². The van der Waals surface area contributed by atoms with E-state index in [-0.39, 0.29) is 17.9 Å². The van der Waals surface area contributed by atoms with Crippen molar-refractivity contribution in [1.29, 1.82) is 0 Å². The van der Waals surface area contributed by atoms with Gasteiger partial charge in [-0.3, -0.25) is 14.3 Å². The zero-order valence-corrected chi connectivity index (χ0v) is 14.7. The lowest BCUT2D eigenvalue weighted by atomic mass is 10.0. The molecule has 0 saturated heterocycles. The second-order valence-electron chi connectivity index (χ2n) is 6.46. The standard InChI is InChI=1S/C21H14FN5O/c22-17-9-14(15-3-4-20-24-7-8-26(20)12-15)1-2-16(17)13-27-19-10-23-6-5-18(19)25-11-21(27)28/h1-12H,13H2. The summed E-state index contributed by atoms with van der Waals surface area (Å²) in [6, 6.07) is 10.6. The molecule has 28 heavy (non-hydrogen) atoms. The first kappa shape index (κ1) is 16.3. The average Bonchev–Trinajstić information content (AvgIpc) is 3.19. The third-order valence-corrected chi connectivity index (χ3v) is 4.75. The molecule has 0 amide bonds. The molecule has 0 radical (unpaired) electrons. The lowest BCUT2D eigenvalue weighted by molar-refractivity contribution is 0.599. The summed E-state index contributed by atoms with van der Waals surface area (Å²) in [7, 11) is 0. The minimum atomic E-state index is -0.371. The van der Waals surface area contributed by atoms with E-state index in [0.717, 1.165) is 16.8 Å². The number of hydrogen-bond acceptors (Lipinski definition) is 4. The second kappa shape index (κ2) is 6.38. The largest absolute Gasteiger partial charge is 0.306 e. The highest BCUT2D eigenvalue weighted by Crippen LogP contribution is 2.23. The maximum Gasteiger partial charge on any atom is 0.269 e. The molecular weight excluding hydrogens is 357 g/mol. The summed E-state index contributed by atoms with van der Waals surface area (Å²) >= 11 is 0. The Morgan fingerprint density at radius 1 is 0.964 bits per heavy atom. The van der Waals surface area contributed by atoms with Crippen LogP contribution < -0.4 is 5.56 Å². The van der Waals surface area contributed by atoms with Crippen molar-refractivity contribution in [3.63, 3.8) is 0 Å². The van der Waals surface area contributed by atoms with Crippen molar-refractivity contribution in [2.75, 3.05) is 0 Å². The van der Waals surface area contributed by atoms with Crippen molar-refractivity contribution >= 4 is 16.7 Å². The van der Waals surface area contributed by atoms with Gasteiger partial charge < -0.3 is 4.40 Å². The van der Waals surface area contributed by atoms with E-state index in [2.05, 4.69) is 15.0 Å². The van der Waals surface area contributed by atoms with Gasteiger partial charge in [0.15, 0.2) is 0 Å². The molecule has 0 atom stereocenters. The molecule has 0 unspecified atom stereocenters. The average molecular weight is 371 g/mol. The fraction of sp³-hybridized carbons (Fsp3) is 0.0476. The molecular formula is C21H14FN5O. The number of benzene rings is 1. The van der Waals surface area contributed by atoms with Crippen LogP contribution in [0.25, 0.3) is 27.8 Å². The summed E-state index contributed by atoms with van der Waals surface area (Å²) in [4.78, 5) is 24.6. The molecule has 5 rings (SSSR count). The number of halogens is 1. The van der Waals surface area contributed by atoms with E-state index in [0.29, 0.717) is 16.6 Å². The van der Waals surface area contributed by atoms with Gasteiger partial charge in [-0.1, -0.05) is 12.1 Å². The second-order valence-corrected chi connectivity index (χ2v) is 6.46. The third kappa shape index (κ3) is 2.73. The summed E-state index contributed by atoms with van der Waals surface area (Å²) in [5.41, 5.74) is 3.81. The maximum absolute atomic E-state index is 14.8. The van der Waals surface area contributed by atoms with Crippen molar-refractivity contribution in [3.8, 4) is 11.1 Å². The lowest BCUT2D eigenvalue weighted by Crippen LogP contribution is -2.21. The highest BCUT2D eigenvalue weighted by molar-refractivity contribution is 5.73. The normalized spacial score (nSPS) is 11.3. The molecule has 0 N–H and O–H groups in total.